The SMILES string of the molecule is CO[C@H]1O[C@H](COC(=O)N[C@H]2CNC(=O)[C@@H](NC(=O)OC[C@H]3O[C@H](OC)[C@H](O)[C@@H](O)[C@H]3O)CNC(=O)[C@@H](NC(=O)OC[C@H]3O[C@H](OC)[C@H](O)[C@@H](O)[C@@H]3O)CNC(=O)CCNC2=O)[C@@H](O)[C@H](O)[C@@H]1O. The number of rotatable bonds is 12. The second kappa shape index (κ2) is 26.2. The van der Waals surface area contributed by atoms with Crippen LogP contribution in [0.5, 0.6) is 0 Å². The number of alkyl carbamates (subject to hydrolysis) is 3. The van der Waals surface area contributed by atoms with E-state index in [0.29, 0.717) is 0 Å². The Balaban J connectivity index is 1.48. The molecule has 4 rings (SSSR count). The van der Waals surface area contributed by atoms with Crippen LogP contribution in [0.3, 0.4) is 0 Å². The number of aliphatic hydroxyl groups excluding tert-OH is 9. The van der Waals surface area contributed by atoms with E-state index in [9.17, 15) is 79.5 Å². The van der Waals surface area contributed by atoms with Gasteiger partial charge in [-0.05, 0) is 0 Å². The first-order valence-corrected chi connectivity index (χ1v) is 20.8. The minimum absolute atomic E-state index is 0.415. The van der Waals surface area contributed by atoms with Crippen LogP contribution >= 0.6 is 0 Å². The number of amides is 7. The number of aliphatic hydroxyl groups is 9. The highest BCUT2D eigenvalue weighted by atomic mass is 16.7. The summed E-state index contributed by atoms with van der Waals surface area (Å²) in [7, 11) is 3.40. The molecule has 4 aliphatic rings. The first-order chi connectivity index (χ1) is 32.2. The van der Waals surface area contributed by atoms with E-state index < -0.39 is 205 Å². The fourth-order valence-corrected chi connectivity index (χ4v) is 6.78. The van der Waals surface area contributed by atoms with E-state index in [1.54, 1.807) is 0 Å². The monoisotopic (exact) mass is 989 g/mol. The van der Waals surface area contributed by atoms with Crippen LogP contribution in [0.2, 0.25) is 0 Å². The van der Waals surface area contributed by atoms with Crippen molar-refractivity contribution in [1.29, 1.82) is 0 Å². The molecule has 388 valence electrons. The Bertz CT molecular complexity index is 1660. The molecule has 16 N–H and O–H groups in total. The van der Waals surface area contributed by atoms with E-state index in [-0.39, 0.29) is 0 Å². The molecule has 4 saturated heterocycles. The normalized spacial score (nSPS) is 37.8. The average molecular weight is 990 g/mol. The zero-order valence-electron chi connectivity index (χ0n) is 36.6. The standard InChI is InChI=1S/C36H59N7O25/c1-60-31-25(51)22(48)19(45)15(66-31)9-63-34(57)41-12-6-38-18(44)4-5-37-28(54)13(42-35(58)64-10-16-20(46)23(49)26(52)32(61-2)67-16)7-39-30(56)14(8-40-29(12)55)43-36(59)65-11-17-21(47)24(50)27(53)33(62-3)68-17/h12-17,19-27,31-33,45-53H,4-11H2,1-3H3,(H,37,54)(H,38,44)(H,39,56)(H,40,55)(H,41,57)(H,42,58)(H,43,59)/t12-,13-,14-,15+,16+,17+,19+,20+,21-,22-,23-,24-,25+,26-,27+,31-,32-,33-/m0/s1. The van der Waals surface area contributed by atoms with E-state index in [1.165, 1.54) is 0 Å². The predicted octanol–water partition coefficient (Wildman–Crippen LogP) is -10.5. The lowest BCUT2D eigenvalue weighted by Gasteiger charge is -2.39. The van der Waals surface area contributed by atoms with Crippen LogP contribution < -0.4 is 37.2 Å². The maximum absolute atomic E-state index is 13.7. The molecule has 0 aromatic carbocycles. The molecule has 0 spiro atoms. The molecule has 4 fully saturated rings. The molecule has 0 aliphatic carbocycles. The van der Waals surface area contributed by atoms with Crippen molar-refractivity contribution in [2.45, 2.75) is 117 Å². The van der Waals surface area contributed by atoms with Crippen molar-refractivity contribution in [3.05, 3.63) is 0 Å². The van der Waals surface area contributed by atoms with Crippen LogP contribution in [0, 0.1) is 0 Å². The highest BCUT2D eigenvalue weighted by molar-refractivity contribution is 5.91. The molecule has 4 heterocycles. The van der Waals surface area contributed by atoms with Gasteiger partial charge in [-0.15, -0.1) is 0 Å². The van der Waals surface area contributed by atoms with E-state index in [0.717, 1.165) is 21.3 Å². The van der Waals surface area contributed by atoms with Gasteiger partial charge in [-0.1, -0.05) is 0 Å². The van der Waals surface area contributed by atoms with Gasteiger partial charge in [0.1, 0.15) is 111 Å². The summed E-state index contributed by atoms with van der Waals surface area (Å²) in [4.78, 5) is 92.2. The molecule has 0 radical (unpaired) electrons. The summed E-state index contributed by atoms with van der Waals surface area (Å²) in [6.45, 7) is -5.00. The Morgan fingerprint density at radius 2 is 0.765 bits per heavy atom. The average Bonchev–Trinajstić information content (AvgIpc) is 3.31. The van der Waals surface area contributed by atoms with Crippen LogP contribution in [0.25, 0.3) is 0 Å². The fraction of sp³-hybridized carbons (Fsp3) is 0.806. The smallest absolute Gasteiger partial charge is 0.407 e. The van der Waals surface area contributed by atoms with Crippen molar-refractivity contribution in [3.8, 4) is 0 Å². The van der Waals surface area contributed by atoms with Gasteiger partial charge in [-0.25, -0.2) is 14.4 Å². The molecule has 32 nitrogen and oxygen atoms in total. The zero-order valence-corrected chi connectivity index (χ0v) is 36.6. The van der Waals surface area contributed by atoms with Crippen molar-refractivity contribution in [2.75, 3.05) is 67.3 Å². The maximum Gasteiger partial charge on any atom is 0.407 e. The van der Waals surface area contributed by atoms with Crippen molar-refractivity contribution in [1.82, 2.24) is 37.2 Å². The number of carbonyl (C=O) groups is 7. The van der Waals surface area contributed by atoms with Crippen LogP contribution in [0.4, 0.5) is 14.4 Å². The van der Waals surface area contributed by atoms with E-state index in [2.05, 4.69) is 37.2 Å². The molecule has 0 bridgehead atoms. The Kier molecular flexibility index (Phi) is 21.4. The number of hydrogen-bond donors (Lipinski definition) is 16. The zero-order chi connectivity index (χ0) is 50.4. The number of carbonyl (C=O) groups excluding carboxylic acids is 7. The quantitative estimate of drug-likeness (QED) is 0.0807. The van der Waals surface area contributed by atoms with Crippen LogP contribution in [-0.2, 0) is 61.8 Å². The van der Waals surface area contributed by atoms with Gasteiger partial charge >= 0.3 is 18.3 Å². The Labute approximate surface area is 385 Å². The number of methoxy groups -OCH3 is 3. The Hall–Kier alpha value is -4.91. The molecule has 18 atom stereocenters. The molecule has 4 aliphatic heterocycles. The summed E-state index contributed by atoms with van der Waals surface area (Å²) >= 11 is 0. The summed E-state index contributed by atoms with van der Waals surface area (Å²) in [6.07, 6.45) is -28.8. The minimum Gasteiger partial charge on any atom is -0.447 e. The lowest BCUT2D eigenvalue weighted by molar-refractivity contribution is -0.294. The first-order valence-electron chi connectivity index (χ1n) is 20.8. The molecule has 0 aromatic rings. The number of nitrogens with one attached hydrogen (secondary N) is 7. The van der Waals surface area contributed by atoms with Gasteiger partial charge in [0.05, 0.1) is 0 Å². The fourth-order valence-electron chi connectivity index (χ4n) is 6.78. The van der Waals surface area contributed by atoms with Crippen molar-refractivity contribution < 1.29 is 122 Å². The Morgan fingerprint density at radius 3 is 1.07 bits per heavy atom. The second-order valence-corrected chi connectivity index (χ2v) is 15.5. The lowest BCUT2D eigenvalue weighted by atomic mass is 9.99. The first kappa shape index (κ1) is 55.7. The van der Waals surface area contributed by atoms with Gasteiger partial charge in [0.25, 0.3) is 0 Å². The molecule has 0 saturated carbocycles. The van der Waals surface area contributed by atoms with Gasteiger partial charge in [0, 0.05) is 53.9 Å². The van der Waals surface area contributed by atoms with Gasteiger partial charge < -0.3 is 126 Å². The summed E-state index contributed by atoms with van der Waals surface area (Å²) < 4.78 is 45.9. The number of ether oxygens (including phenoxy) is 9. The third kappa shape index (κ3) is 15.0. The molecular weight excluding hydrogens is 930 g/mol. The van der Waals surface area contributed by atoms with Gasteiger partial charge in [-0.2, -0.15) is 0 Å². The predicted molar refractivity (Wildman–Crippen MR) is 213 cm³/mol. The third-order valence-electron chi connectivity index (χ3n) is 10.8. The second-order valence-electron chi connectivity index (χ2n) is 15.5. The van der Waals surface area contributed by atoms with Crippen molar-refractivity contribution in [3.63, 3.8) is 0 Å². The third-order valence-corrected chi connectivity index (χ3v) is 10.8. The van der Waals surface area contributed by atoms with E-state index in [4.69, 9.17) is 42.6 Å². The van der Waals surface area contributed by atoms with Gasteiger partial charge in [0.2, 0.25) is 23.6 Å². The van der Waals surface area contributed by atoms with Crippen LogP contribution in [0.15, 0.2) is 0 Å². The summed E-state index contributed by atoms with van der Waals surface area (Å²) in [5.74, 6) is -4.06. The lowest BCUT2D eigenvalue weighted by Crippen LogP contribution is -2.61. The van der Waals surface area contributed by atoms with Crippen molar-refractivity contribution in [2.24, 2.45) is 0 Å². The summed E-state index contributed by atoms with van der Waals surface area (Å²) in [5.41, 5.74) is 0. The molecule has 32 heteroatoms. The highest BCUT2D eigenvalue weighted by Crippen LogP contribution is 2.24. The van der Waals surface area contributed by atoms with Crippen LogP contribution in [0.1, 0.15) is 6.42 Å². The molecular formula is C36H59N7O25. The summed E-state index contributed by atoms with van der Waals surface area (Å²) in [6, 6.07) is -5.24. The summed E-state index contributed by atoms with van der Waals surface area (Å²) in [5, 5.41) is 107. The minimum atomic E-state index is -1.84. The molecule has 0 aromatic heterocycles. The molecule has 7 amide bonds. The van der Waals surface area contributed by atoms with Crippen LogP contribution in [-0.4, -0.2) is 265 Å². The largest absolute Gasteiger partial charge is 0.447 e. The molecule has 0 unspecified atom stereocenters. The topological polar surface area (TPSA) is 469 Å². The highest BCUT2D eigenvalue weighted by Gasteiger charge is 2.47. The van der Waals surface area contributed by atoms with Gasteiger partial charge in [-0.3, -0.25) is 19.2 Å². The van der Waals surface area contributed by atoms with E-state index in [1.807, 2.05) is 0 Å². The Morgan fingerprint density at radius 1 is 0.471 bits per heavy atom. The number of hydrogen-bond acceptors (Lipinski definition) is 25. The van der Waals surface area contributed by atoms with Gasteiger partial charge in [0.15, 0.2) is 18.9 Å². The molecule has 68 heavy (non-hydrogen) atoms. The van der Waals surface area contributed by atoms with Crippen molar-refractivity contribution >= 4 is 41.9 Å². The maximum atomic E-state index is 13.7. The van der Waals surface area contributed by atoms with E-state index >= 15 is 0 Å².